The molecule has 0 aromatic heterocycles. The van der Waals surface area contributed by atoms with Crippen LogP contribution >= 0.6 is 11.8 Å². The average Bonchev–Trinajstić information content (AvgIpc) is 2.26. The molecule has 0 aliphatic heterocycles. The summed E-state index contributed by atoms with van der Waals surface area (Å²) in [6.07, 6.45) is 0. The smallest absolute Gasteiger partial charge is 0.269 e. The van der Waals surface area contributed by atoms with Crippen LogP contribution in [0.1, 0.15) is 24.2 Å². The van der Waals surface area contributed by atoms with Gasteiger partial charge in [0.1, 0.15) is 0 Å². The van der Waals surface area contributed by atoms with E-state index in [2.05, 4.69) is 0 Å². The number of non-ortho nitro benzene ring substituents is 1. The Morgan fingerprint density at radius 3 is 2.38 bits per heavy atom. The maximum absolute atomic E-state index is 11.6. The molecule has 1 aromatic carbocycles. The normalized spacial score (nSPS) is 10.4. The number of carbonyl (C=O) groups is 1. The predicted molar refractivity (Wildman–Crippen MR) is 64.7 cm³/mol. The highest BCUT2D eigenvalue weighted by Gasteiger charge is 2.10. The maximum atomic E-state index is 11.6. The number of rotatable bonds is 4. The zero-order chi connectivity index (χ0) is 12.1. The maximum Gasteiger partial charge on any atom is 0.269 e. The van der Waals surface area contributed by atoms with Crippen molar-refractivity contribution in [2.75, 3.05) is 5.75 Å². The van der Waals surface area contributed by atoms with E-state index in [0.717, 1.165) is 5.75 Å². The minimum Gasteiger partial charge on any atom is -0.282 e. The van der Waals surface area contributed by atoms with Crippen LogP contribution in [0, 0.1) is 16.0 Å². The Labute approximate surface area is 98.2 Å². The van der Waals surface area contributed by atoms with Gasteiger partial charge in [-0.25, -0.2) is 0 Å². The van der Waals surface area contributed by atoms with Crippen molar-refractivity contribution < 1.29 is 9.72 Å². The molecule has 0 bridgehead atoms. The highest BCUT2D eigenvalue weighted by atomic mass is 32.2. The van der Waals surface area contributed by atoms with Crippen LogP contribution in [0.15, 0.2) is 24.3 Å². The number of benzene rings is 1. The van der Waals surface area contributed by atoms with Gasteiger partial charge < -0.3 is 0 Å². The Balaban J connectivity index is 2.67. The van der Waals surface area contributed by atoms with Crippen LogP contribution in [-0.4, -0.2) is 15.8 Å². The third-order valence-electron chi connectivity index (χ3n) is 1.86. The van der Waals surface area contributed by atoms with Gasteiger partial charge in [0, 0.05) is 23.4 Å². The van der Waals surface area contributed by atoms with Crippen molar-refractivity contribution in [3.8, 4) is 0 Å². The molecule has 0 saturated carbocycles. The quantitative estimate of drug-likeness (QED) is 0.598. The van der Waals surface area contributed by atoms with Crippen molar-refractivity contribution >= 4 is 22.6 Å². The summed E-state index contributed by atoms with van der Waals surface area (Å²) in [4.78, 5) is 21.6. The molecule has 5 heteroatoms. The van der Waals surface area contributed by atoms with Crippen LogP contribution in [0.4, 0.5) is 5.69 Å². The van der Waals surface area contributed by atoms with E-state index in [-0.39, 0.29) is 10.8 Å². The molecule has 4 nitrogen and oxygen atoms in total. The molecule has 0 aliphatic carbocycles. The highest BCUT2D eigenvalue weighted by Crippen LogP contribution is 2.18. The number of thioether (sulfide) groups is 1. The van der Waals surface area contributed by atoms with Gasteiger partial charge in [-0.15, -0.1) is 0 Å². The molecule has 0 unspecified atom stereocenters. The molecule has 16 heavy (non-hydrogen) atoms. The summed E-state index contributed by atoms with van der Waals surface area (Å²) in [6.45, 7) is 4.08. The van der Waals surface area contributed by atoms with Crippen LogP contribution in [-0.2, 0) is 0 Å². The second-order valence-corrected chi connectivity index (χ2v) is 4.79. The Kier molecular flexibility index (Phi) is 4.49. The van der Waals surface area contributed by atoms with E-state index in [4.69, 9.17) is 0 Å². The molecular weight excluding hydrogens is 226 g/mol. The van der Waals surface area contributed by atoms with E-state index in [1.807, 2.05) is 13.8 Å². The van der Waals surface area contributed by atoms with Gasteiger partial charge in [0.2, 0.25) is 5.12 Å². The van der Waals surface area contributed by atoms with Crippen molar-refractivity contribution in [3.05, 3.63) is 39.9 Å². The van der Waals surface area contributed by atoms with Crippen LogP contribution < -0.4 is 0 Å². The first kappa shape index (κ1) is 12.7. The Morgan fingerprint density at radius 2 is 1.94 bits per heavy atom. The molecular formula is C11H13NO3S. The molecule has 0 amide bonds. The van der Waals surface area contributed by atoms with Crippen LogP contribution in [0.5, 0.6) is 0 Å². The van der Waals surface area contributed by atoms with E-state index < -0.39 is 4.92 Å². The Hall–Kier alpha value is -1.36. The summed E-state index contributed by atoms with van der Waals surface area (Å²) in [7, 11) is 0. The Morgan fingerprint density at radius 1 is 1.38 bits per heavy atom. The monoisotopic (exact) mass is 239 g/mol. The van der Waals surface area contributed by atoms with Crippen molar-refractivity contribution in [3.63, 3.8) is 0 Å². The van der Waals surface area contributed by atoms with Crippen molar-refractivity contribution in [2.24, 2.45) is 5.92 Å². The number of nitro groups is 1. The molecule has 0 fully saturated rings. The fraction of sp³-hybridized carbons (Fsp3) is 0.364. The summed E-state index contributed by atoms with van der Waals surface area (Å²) in [5.74, 6) is 1.21. The minimum atomic E-state index is -0.477. The lowest BCUT2D eigenvalue weighted by molar-refractivity contribution is -0.384. The molecule has 0 spiro atoms. The molecule has 0 heterocycles. The lowest BCUT2D eigenvalue weighted by Gasteiger charge is -2.03. The number of nitro benzene ring substituents is 1. The van der Waals surface area contributed by atoms with Gasteiger partial charge in [0.15, 0.2) is 0 Å². The Bertz CT molecular complexity index is 387. The first-order valence-corrected chi connectivity index (χ1v) is 5.91. The number of carbonyl (C=O) groups excluding carboxylic acids is 1. The summed E-state index contributed by atoms with van der Waals surface area (Å²) >= 11 is 1.24. The molecule has 1 aromatic rings. The first-order valence-electron chi connectivity index (χ1n) is 4.92. The number of hydrogen-bond acceptors (Lipinski definition) is 4. The topological polar surface area (TPSA) is 60.2 Å². The van der Waals surface area contributed by atoms with Gasteiger partial charge in [-0.05, 0) is 18.1 Å². The largest absolute Gasteiger partial charge is 0.282 e. The predicted octanol–water partition coefficient (Wildman–Crippen LogP) is 3.12. The zero-order valence-electron chi connectivity index (χ0n) is 9.17. The fourth-order valence-electron chi connectivity index (χ4n) is 1.04. The number of hydrogen-bond donors (Lipinski definition) is 0. The molecule has 86 valence electrons. The SMILES string of the molecule is CC(C)CSC(=O)c1ccc([N+](=O)[O-])cc1. The number of nitrogens with zero attached hydrogens (tertiary/aromatic N) is 1. The first-order chi connectivity index (χ1) is 7.50. The van der Waals surface area contributed by atoms with Crippen molar-refractivity contribution in [1.29, 1.82) is 0 Å². The van der Waals surface area contributed by atoms with E-state index in [1.54, 1.807) is 0 Å². The van der Waals surface area contributed by atoms with Crippen LogP contribution in [0.3, 0.4) is 0 Å². The molecule has 0 atom stereocenters. The summed E-state index contributed by atoms with van der Waals surface area (Å²) in [5.41, 5.74) is 0.515. The average molecular weight is 239 g/mol. The summed E-state index contributed by atoms with van der Waals surface area (Å²) in [5, 5.41) is 10.4. The zero-order valence-corrected chi connectivity index (χ0v) is 9.99. The molecule has 0 N–H and O–H groups in total. The fourth-order valence-corrected chi connectivity index (χ4v) is 1.83. The van der Waals surface area contributed by atoms with E-state index in [1.165, 1.54) is 36.0 Å². The van der Waals surface area contributed by atoms with Crippen LogP contribution in [0.2, 0.25) is 0 Å². The standard InChI is InChI=1S/C11H13NO3S/c1-8(2)7-16-11(13)9-3-5-10(6-4-9)12(14)15/h3-6,8H,7H2,1-2H3. The summed E-state index contributed by atoms with van der Waals surface area (Å²) in [6, 6.07) is 5.69. The second kappa shape index (κ2) is 5.65. The van der Waals surface area contributed by atoms with E-state index >= 15 is 0 Å². The van der Waals surface area contributed by atoms with Crippen molar-refractivity contribution in [1.82, 2.24) is 0 Å². The van der Waals surface area contributed by atoms with Gasteiger partial charge >= 0.3 is 0 Å². The lowest BCUT2D eigenvalue weighted by Crippen LogP contribution is -1.99. The second-order valence-electron chi connectivity index (χ2n) is 3.80. The highest BCUT2D eigenvalue weighted by molar-refractivity contribution is 8.14. The van der Waals surface area contributed by atoms with Crippen LogP contribution in [0.25, 0.3) is 0 Å². The lowest BCUT2D eigenvalue weighted by atomic mass is 10.2. The van der Waals surface area contributed by atoms with E-state index in [9.17, 15) is 14.9 Å². The van der Waals surface area contributed by atoms with Gasteiger partial charge in [-0.3, -0.25) is 14.9 Å². The minimum absolute atomic E-state index is 0.00501. The van der Waals surface area contributed by atoms with E-state index in [0.29, 0.717) is 11.5 Å². The molecule has 1 rings (SSSR count). The van der Waals surface area contributed by atoms with Gasteiger partial charge in [0.05, 0.1) is 4.92 Å². The van der Waals surface area contributed by atoms with Gasteiger partial charge in [-0.1, -0.05) is 25.6 Å². The van der Waals surface area contributed by atoms with Gasteiger partial charge in [0.25, 0.3) is 5.69 Å². The molecule has 0 radical (unpaired) electrons. The third-order valence-corrected chi connectivity index (χ3v) is 3.19. The molecule has 0 saturated heterocycles. The summed E-state index contributed by atoms with van der Waals surface area (Å²) < 4.78 is 0. The van der Waals surface area contributed by atoms with Crippen molar-refractivity contribution in [2.45, 2.75) is 13.8 Å². The third kappa shape index (κ3) is 3.66. The van der Waals surface area contributed by atoms with Gasteiger partial charge in [-0.2, -0.15) is 0 Å². The molecule has 0 aliphatic rings.